The van der Waals surface area contributed by atoms with Crippen LogP contribution >= 0.6 is 0 Å². The van der Waals surface area contributed by atoms with Gasteiger partial charge in [0.25, 0.3) is 0 Å². The van der Waals surface area contributed by atoms with E-state index < -0.39 is 29.4 Å². The Balaban J connectivity index is 1.40. The molecule has 250 valence electrons. The second-order valence-electron chi connectivity index (χ2n) is 16.9. The van der Waals surface area contributed by atoms with Crippen molar-refractivity contribution in [3.63, 3.8) is 0 Å². The molecule has 4 rings (SSSR count). The van der Waals surface area contributed by atoms with Crippen molar-refractivity contribution in [3.05, 3.63) is 11.6 Å². The van der Waals surface area contributed by atoms with Crippen LogP contribution in [0.4, 0.5) is 0 Å². The summed E-state index contributed by atoms with van der Waals surface area (Å²) < 4.78 is 16.6. The lowest BCUT2D eigenvalue weighted by atomic mass is 9.47. The molecule has 4 aliphatic carbocycles. The molecule has 0 spiro atoms. The zero-order valence-corrected chi connectivity index (χ0v) is 29.3. The minimum atomic E-state index is -0.870. The molecule has 0 N–H and O–H groups in total. The predicted octanol–water partition coefficient (Wildman–Crippen LogP) is 8.85. The highest BCUT2D eigenvalue weighted by Crippen LogP contribution is 2.67. The van der Waals surface area contributed by atoms with Crippen LogP contribution in [-0.2, 0) is 28.6 Å². The van der Waals surface area contributed by atoms with Gasteiger partial charge in [-0.3, -0.25) is 14.4 Å². The molecule has 44 heavy (non-hydrogen) atoms. The Morgan fingerprint density at radius 3 is 2.36 bits per heavy atom. The van der Waals surface area contributed by atoms with Gasteiger partial charge in [-0.25, -0.2) is 0 Å². The molecule has 0 heterocycles. The summed E-state index contributed by atoms with van der Waals surface area (Å²) in [6.45, 7) is 18.9. The third-order valence-electron chi connectivity index (χ3n) is 12.2. The number of hydrogen-bond acceptors (Lipinski definition) is 6. The summed E-state index contributed by atoms with van der Waals surface area (Å²) in [5.41, 5.74) is 1.44. The molecule has 9 atom stereocenters. The summed E-state index contributed by atoms with van der Waals surface area (Å²) in [5.74, 6) is 2.43. The Morgan fingerprint density at radius 1 is 0.977 bits per heavy atom. The van der Waals surface area contributed by atoms with Crippen molar-refractivity contribution in [1.29, 1.82) is 0 Å². The number of carbonyl (C=O) groups is 3. The number of fused-ring (bicyclic) bond motifs is 5. The standard InChI is InChI=1S/C38H62O6/c1-24(2)11-10-12-25(3)31-15-16-32-30-14-13-28-22-29(17-19-37(28,8)33(30)18-20-38(31,32)9)43-35(41)27(23-42-26(4)39)21-34(40)44-36(5,6)7/h13,24-25,27,29-33H,10-12,14-23H2,1-9H3/t25-,27?,29+,30?,31-,32?,33?,37+,38-/m1/s1. The summed E-state index contributed by atoms with van der Waals surface area (Å²) in [6, 6.07) is 0. The first-order chi connectivity index (χ1) is 20.5. The average molecular weight is 615 g/mol. The molecule has 6 heteroatoms. The Kier molecular flexibility index (Phi) is 11.0. The maximum atomic E-state index is 13.3. The Labute approximate surface area is 267 Å². The maximum absolute atomic E-state index is 13.3. The number of hydrogen-bond donors (Lipinski definition) is 0. The molecule has 4 unspecified atom stereocenters. The Bertz CT molecular complexity index is 1070. The molecular weight excluding hydrogens is 552 g/mol. The van der Waals surface area contributed by atoms with Gasteiger partial charge in [0.15, 0.2) is 0 Å². The van der Waals surface area contributed by atoms with E-state index in [0.717, 1.165) is 55.3 Å². The molecule has 6 nitrogen and oxygen atoms in total. The van der Waals surface area contributed by atoms with Crippen LogP contribution in [0.2, 0.25) is 0 Å². The van der Waals surface area contributed by atoms with E-state index in [2.05, 4.69) is 40.7 Å². The van der Waals surface area contributed by atoms with E-state index in [-0.39, 0.29) is 24.5 Å². The zero-order valence-electron chi connectivity index (χ0n) is 29.3. The number of esters is 3. The van der Waals surface area contributed by atoms with Crippen LogP contribution in [-0.4, -0.2) is 36.2 Å². The fourth-order valence-corrected chi connectivity index (χ4v) is 10.0. The summed E-state index contributed by atoms with van der Waals surface area (Å²) in [5, 5.41) is 0. The maximum Gasteiger partial charge on any atom is 0.313 e. The van der Waals surface area contributed by atoms with Crippen LogP contribution in [0, 0.1) is 52.3 Å². The molecular formula is C38H62O6. The molecule has 0 aliphatic heterocycles. The number of rotatable bonds is 11. The van der Waals surface area contributed by atoms with Gasteiger partial charge in [0.05, 0.1) is 6.42 Å². The third kappa shape index (κ3) is 7.92. The van der Waals surface area contributed by atoms with E-state index >= 15 is 0 Å². The van der Waals surface area contributed by atoms with Gasteiger partial charge in [0, 0.05) is 13.3 Å². The van der Waals surface area contributed by atoms with Crippen LogP contribution in [0.25, 0.3) is 0 Å². The fraction of sp³-hybridized carbons (Fsp3) is 0.868. The van der Waals surface area contributed by atoms with Crippen molar-refractivity contribution < 1.29 is 28.6 Å². The van der Waals surface area contributed by atoms with Gasteiger partial charge in [-0.1, -0.05) is 65.5 Å². The Hall–Kier alpha value is -1.85. The van der Waals surface area contributed by atoms with Crippen molar-refractivity contribution in [2.75, 3.05) is 6.61 Å². The first-order valence-electron chi connectivity index (χ1n) is 17.8. The minimum absolute atomic E-state index is 0.168. The van der Waals surface area contributed by atoms with E-state index in [1.54, 1.807) is 20.8 Å². The van der Waals surface area contributed by atoms with Gasteiger partial charge in [0.2, 0.25) is 0 Å². The highest BCUT2D eigenvalue weighted by molar-refractivity contribution is 5.80. The molecule has 0 aromatic heterocycles. The molecule has 0 aromatic carbocycles. The van der Waals surface area contributed by atoms with Crippen LogP contribution in [0.1, 0.15) is 139 Å². The van der Waals surface area contributed by atoms with E-state index in [0.29, 0.717) is 11.3 Å². The molecule has 0 saturated heterocycles. The topological polar surface area (TPSA) is 78.9 Å². The van der Waals surface area contributed by atoms with E-state index in [1.807, 2.05) is 0 Å². The normalized spacial score (nSPS) is 34.6. The average Bonchev–Trinajstić information content (AvgIpc) is 3.27. The van der Waals surface area contributed by atoms with Crippen molar-refractivity contribution in [2.45, 2.75) is 151 Å². The van der Waals surface area contributed by atoms with Crippen molar-refractivity contribution in [2.24, 2.45) is 52.3 Å². The zero-order chi connectivity index (χ0) is 32.4. The first kappa shape index (κ1) is 35.0. The second kappa shape index (κ2) is 13.9. The van der Waals surface area contributed by atoms with Crippen molar-refractivity contribution in [1.82, 2.24) is 0 Å². The second-order valence-corrected chi connectivity index (χ2v) is 16.9. The van der Waals surface area contributed by atoms with Gasteiger partial charge < -0.3 is 14.2 Å². The molecule has 0 bridgehead atoms. The summed E-state index contributed by atoms with van der Waals surface area (Å²) in [6.07, 6.45) is 15.4. The van der Waals surface area contributed by atoms with Gasteiger partial charge in [-0.2, -0.15) is 0 Å². The molecule has 3 saturated carbocycles. The minimum Gasteiger partial charge on any atom is -0.465 e. The monoisotopic (exact) mass is 614 g/mol. The highest BCUT2D eigenvalue weighted by atomic mass is 16.6. The summed E-state index contributed by atoms with van der Waals surface area (Å²) >= 11 is 0. The molecule has 0 aromatic rings. The summed E-state index contributed by atoms with van der Waals surface area (Å²) in [7, 11) is 0. The number of allylic oxidation sites excluding steroid dienone is 1. The largest absolute Gasteiger partial charge is 0.465 e. The third-order valence-corrected chi connectivity index (χ3v) is 12.2. The van der Waals surface area contributed by atoms with E-state index in [9.17, 15) is 14.4 Å². The Morgan fingerprint density at radius 2 is 1.70 bits per heavy atom. The smallest absolute Gasteiger partial charge is 0.313 e. The number of ether oxygens (including phenoxy) is 3. The van der Waals surface area contributed by atoms with Crippen LogP contribution in [0.3, 0.4) is 0 Å². The molecule has 0 radical (unpaired) electrons. The van der Waals surface area contributed by atoms with Gasteiger partial charge in [-0.15, -0.1) is 0 Å². The lowest BCUT2D eigenvalue weighted by Crippen LogP contribution is -2.51. The first-order valence-corrected chi connectivity index (χ1v) is 17.8. The lowest BCUT2D eigenvalue weighted by molar-refractivity contribution is -0.168. The van der Waals surface area contributed by atoms with Gasteiger partial charge >= 0.3 is 17.9 Å². The van der Waals surface area contributed by atoms with Crippen molar-refractivity contribution >= 4 is 17.9 Å². The molecule has 0 amide bonds. The summed E-state index contributed by atoms with van der Waals surface area (Å²) in [4.78, 5) is 37.3. The molecule has 4 aliphatic rings. The van der Waals surface area contributed by atoms with Crippen LogP contribution in [0.15, 0.2) is 11.6 Å². The van der Waals surface area contributed by atoms with E-state index in [1.165, 1.54) is 57.4 Å². The predicted molar refractivity (Wildman–Crippen MR) is 174 cm³/mol. The number of carbonyl (C=O) groups excluding carboxylic acids is 3. The quantitative estimate of drug-likeness (QED) is 0.131. The molecule has 3 fully saturated rings. The van der Waals surface area contributed by atoms with Crippen LogP contribution in [0.5, 0.6) is 0 Å². The SMILES string of the molecule is CC(=O)OCC(CC(=O)OC(C)(C)C)C(=O)O[C@H]1CC[C@@]2(C)C(=CCC3C2CC[C@@]2(C)C3CC[C@@H]2[C@H](C)CCCC(C)C)C1. The fourth-order valence-electron chi connectivity index (χ4n) is 10.0. The van der Waals surface area contributed by atoms with Crippen molar-refractivity contribution in [3.8, 4) is 0 Å². The lowest BCUT2D eigenvalue weighted by Gasteiger charge is -2.58. The van der Waals surface area contributed by atoms with E-state index in [4.69, 9.17) is 14.2 Å². The highest BCUT2D eigenvalue weighted by Gasteiger charge is 2.59. The van der Waals surface area contributed by atoms with Gasteiger partial charge in [-0.05, 0) is 112 Å². The van der Waals surface area contributed by atoms with Crippen LogP contribution < -0.4 is 0 Å². The van der Waals surface area contributed by atoms with Gasteiger partial charge in [0.1, 0.15) is 24.2 Å².